The lowest BCUT2D eigenvalue weighted by Gasteiger charge is -2.24. The minimum atomic E-state index is -4.23. The van der Waals surface area contributed by atoms with Gasteiger partial charge in [-0.2, -0.15) is 11.3 Å². The van der Waals surface area contributed by atoms with E-state index < -0.39 is 37.7 Å². The summed E-state index contributed by atoms with van der Waals surface area (Å²) >= 11 is 1.36. The standard InChI is InChI=1S/C12H17O7PS/c1-2-10(8-5-6-21-7-8)20(17,18)19-9(12(15)16)3-4-11(13)14/h5-7,9-10H,2-4H2,1H3,(H,13,14)(H,15,16)(H,17,18). The number of rotatable bonds is 9. The Bertz CT molecular complexity index is 528. The zero-order valence-electron chi connectivity index (χ0n) is 11.3. The predicted octanol–water partition coefficient (Wildman–Crippen LogP) is 2.72. The van der Waals surface area contributed by atoms with E-state index in [0.29, 0.717) is 12.0 Å². The van der Waals surface area contributed by atoms with Crippen molar-refractivity contribution in [3.63, 3.8) is 0 Å². The number of thiophene rings is 1. The van der Waals surface area contributed by atoms with Gasteiger partial charge in [0.2, 0.25) is 0 Å². The van der Waals surface area contributed by atoms with Crippen LogP contribution < -0.4 is 0 Å². The van der Waals surface area contributed by atoms with Crippen molar-refractivity contribution in [2.24, 2.45) is 0 Å². The number of carboxylic acids is 2. The Morgan fingerprint density at radius 1 is 1.43 bits per heavy atom. The highest BCUT2D eigenvalue weighted by molar-refractivity contribution is 7.53. The minimum absolute atomic E-state index is 0.301. The zero-order chi connectivity index (χ0) is 16.0. The maximum Gasteiger partial charge on any atom is 0.336 e. The summed E-state index contributed by atoms with van der Waals surface area (Å²) in [6.07, 6.45) is -2.14. The lowest BCUT2D eigenvalue weighted by molar-refractivity contribution is -0.146. The molecule has 3 N–H and O–H groups in total. The fourth-order valence-electron chi connectivity index (χ4n) is 1.85. The van der Waals surface area contributed by atoms with Crippen LogP contribution in [0.2, 0.25) is 0 Å². The van der Waals surface area contributed by atoms with Gasteiger partial charge in [0, 0.05) is 6.42 Å². The molecule has 0 aliphatic carbocycles. The van der Waals surface area contributed by atoms with Crippen LogP contribution in [0.15, 0.2) is 16.8 Å². The monoisotopic (exact) mass is 336 g/mol. The molecule has 1 rings (SSSR count). The molecule has 0 aliphatic heterocycles. The normalized spacial score (nSPS) is 16.9. The van der Waals surface area contributed by atoms with Crippen molar-refractivity contribution in [3.8, 4) is 0 Å². The molecule has 0 aliphatic rings. The summed E-state index contributed by atoms with van der Waals surface area (Å²) in [4.78, 5) is 31.6. The maximum atomic E-state index is 12.3. The molecule has 1 aromatic rings. The highest BCUT2D eigenvalue weighted by Crippen LogP contribution is 2.59. The van der Waals surface area contributed by atoms with Crippen LogP contribution in [0, 0.1) is 0 Å². The number of hydrogen-bond acceptors (Lipinski definition) is 5. The second-order valence-corrected chi connectivity index (χ2v) is 7.15. The van der Waals surface area contributed by atoms with Gasteiger partial charge in [-0.05, 0) is 35.2 Å². The van der Waals surface area contributed by atoms with Crippen LogP contribution in [0.1, 0.15) is 37.4 Å². The largest absolute Gasteiger partial charge is 0.481 e. The van der Waals surface area contributed by atoms with Gasteiger partial charge in [0.1, 0.15) is 0 Å². The molecule has 0 aromatic carbocycles. The average molecular weight is 336 g/mol. The lowest BCUT2D eigenvalue weighted by atomic mass is 10.2. The molecular weight excluding hydrogens is 319 g/mol. The van der Waals surface area contributed by atoms with Gasteiger partial charge in [-0.3, -0.25) is 13.9 Å². The van der Waals surface area contributed by atoms with Crippen LogP contribution in [-0.4, -0.2) is 33.1 Å². The van der Waals surface area contributed by atoms with Gasteiger partial charge in [0.25, 0.3) is 0 Å². The van der Waals surface area contributed by atoms with E-state index in [9.17, 15) is 19.0 Å². The van der Waals surface area contributed by atoms with E-state index in [1.165, 1.54) is 11.3 Å². The third kappa shape index (κ3) is 5.24. The molecule has 1 heterocycles. The number of aliphatic carboxylic acids is 2. The van der Waals surface area contributed by atoms with Crippen LogP contribution in [0.4, 0.5) is 0 Å². The van der Waals surface area contributed by atoms with Crippen molar-refractivity contribution < 1.29 is 33.8 Å². The zero-order valence-corrected chi connectivity index (χ0v) is 13.0. The van der Waals surface area contributed by atoms with Crippen molar-refractivity contribution >= 4 is 30.9 Å². The Hall–Kier alpha value is -1.21. The van der Waals surface area contributed by atoms with Crippen molar-refractivity contribution in [2.45, 2.75) is 37.9 Å². The Morgan fingerprint density at radius 3 is 2.52 bits per heavy atom. The fraction of sp³-hybridized carbons (Fsp3) is 0.500. The summed E-state index contributed by atoms with van der Waals surface area (Å²) in [5.74, 6) is -2.65. The summed E-state index contributed by atoms with van der Waals surface area (Å²) < 4.78 is 17.2. The first-order chi connectivity index (χ1) is 9.77. The van der Waals surface area contributed by atoms with Gasteiger partial charge < -0.3 is 15.1 Å². The molecule has 0 saturated carbocycles. The van der Waals surface area contributed by atoms with E-state index in [-0.39, 0.29) is 6.42 Å². The Labute approximate surface area is 125 Å². The van der Waals surface area contributed by atoms with Crippen molar-refractivity contribution in [1.29, 1.82) is 0 Å². The summed E-state index contributed by atoms with van der Waals surface area (Å²) in [5.41, 5.74) is -0.217. The molecule has 3 unspecified atom stereocenters. The SMILES string of the molecule is CCC(c1ccsc1)P(=O)(O)OC(CCC(=O)O)C(=O)O. The van der Waals surface area contributed by atoms with E-state index in [1.54, 1.807) is 23.8 Å². The van der Waals surface area contributed by atoms with Gasteiger partial charge in [0.05, 0.1) is 5.66 Å². The van der Waals surface area contributed by atoms with E-state index in [0.717, 1.165) is 0 Å². The van der Waals surface area contributed by atoms with Crippen molar-refractivity contribution in [1.82, 2.24) is 0 Å². The molecule has 1 aromatic heterocycles. The quantitative estimate of drug-likeness (QED) is 0.593. The maximum absolute atomic E-state index is 12.3. The minimum Gasteiger partial charge on any atom is -0.481 e. The number of hydrogen-bond donors (Lipinski definition) is 3. The van der Waals surface area contributed by atoms with Crippen LogP contribution in [0.3, 0.4) is 0 Å². The molecule has 0 saturated heterocycles. The molecule has 9 heteroatoms. The molecule has 21 heavy (non-hydrogen) atoms. The van der Waals surface area contributed by atoms with E-state index >= 15 is 0 Å². The van der Waals surface area contributed by atoms with E-state index in [2.05, 4.69) is 0 Å². The molecule has 0 fully saturated rings. The summed E-state index contributed by atoms with van der Waals surface area (Å²) in [7, 11) is -4.23. The van der Waals surface area contributed by atoms with Gasteiger partial charge >= 0.3 is 19.5 Å². The van der Waals surface area contributed by atoms with Gasteiger partial charge in [-0.25, -0.2) is 4.79 Å². The van der Waals surface area contributed by atoms with E-state index in [4.69, 9.17) is 14.7 Å². The highest BCUT2D eigenvalue weighted by atomic mass is 32.1. The third-order valence-electron chi connectivity index (χ3n) is 2.88. The molecule has 0 spiro atoms. The third-order valence-corrected chi connectivity index (χ3v) is 5.59. The van der Waals surface area contributed by atoms with Crippen molar-refractivity contribution in [3.05, 3.63) is 22.4 Å². The van der Waals surface area contributed by atoms with Crippen LogP contribution in [0.25, 0.3) is 0 Å². The van der Waals surface area contributed by atoms with Crippen LogP contribution in [-0.2, 0) is 18.7 Å². The van der Waals surface area contributed by atoms with Crippen LogP contribution >= 0.6 is 18.9 Å². The molecule has 3 atom stereocenters. The second kappa shape index (κ2) is 7.70. The first-order valence-corrected chi connectivity index (χ1v) is 8.84. The highest BCUT2D eigenvalue weighted by Gasteiger charge is 2.37. The Balaban J connectivity index is 2.86. The summed E-state index contributed by atoms with van der Waals surface area (Å²) in [6, 6.07) is 1.68. The van der Waals surface area contributed by atoms with Gasteiger partial charge in [-0.1, -0.05) is 6.92 Å². The molecular formula is C12H17O7PS. The molecule has 118 valence electrons. The Morgan fingerprint density at radius 2 is 2.10 bits per heavy atom. The van der Waals surface area contributed by atoms with Crippen LogP contribution in [0.5, 0.6) is 0 Å². The van der Waals surface area contributed by atoms with Crippen molar-refractivity contribution in [2.75, 3.05) is 0 Å². The molecule has 0 bridgehead atoms. The number of carbonyl (C=O) groups is 2. The lowest BCUT2D eigenvalue weighted by Crippen LogP contribution is -2.24. The second-order valence-electron chi connectivity index (χ2n) is 4.41. The van der Waals surface area contributed by atoms with Gasteiger partial charge in [0.15, 0.2) is 6.10 Å². The van der Waals surface area contributed by atoms with Gasteiger partial charge in [-0.15, -0.1) is 0 Å². The predicted molar refractivity (Wildman–Crippen MR) is 76.6 cm³/mol. The molecule has 7 nitrogen and oxygen atoms in total. The molecule has 0 amide bonds. The first kappa shape index (κ1) is 17.8. The molecule has 0 radical (unpaired) electrons. The average Bonchev–Trinajstić information content (AvgIpc) is 2.88. The Kier molecular flexibility index (Phi) is 6.54. The van der Waals surface area contributed by atoms with E-state index in [1.807, 2.05) is 0 Å². The first-order valence-electron chi connectivity index (χ1n) is 6.25. The smallest absolute Gasteiger partial charge is 0.336 e. The number of carboxylic acid groups (broad SMARTS) is 2. The summed E-state index contributed by atoms with van der Waals surface area (Å²) in [5, 5.41) is 21.0. The topological polar surface area (TPSA) is 121 Å². The fourth-order valence-corrected chi connectivity index (χ4v) is 4.37. The summed E-state index contributed by atoms with van der Waals surface area (Å²) in [6.45, 7) is 1.70.